The second-order valence-corrected chi connectivity index (χ2v) is 2.13. The van der Waals surface area contributed by atoms with E-state index in [1.807, 2.05) is 5.43 Å². The van der Waals surface area contributed by atoms with Crippen LogP contribution in [0.15, 0.2) is 5.16 Å². The van der Waals surface area contributed by atoms with Crippen LogP contribution < -0.4 is 11.3 Å². The van der Waals surface area contributed by atoms with E-state index in [2.05, 4.69) is 9.99 Å². The molecule has 62 valence electrons. The molecule has 0 aliphatic carbocycles. The topological polar surface area (TPSA) is 96.9 Å². The molecule has 0 aromatic carbocycles. The Morgan fingerprint density at radius 3 is 3.18 bits per heavy atom. The van der Waals surface area contributed by atoms with Crippen LogP contribution in [0.2, 0.25) is 0 Å². The van der Waals surface area contributed by atoms with E-state index in [0.29, 0.717) is 6.42 Å². The van der Waals surface area contributed by atoms with Crippen LogP contribution in [0.5, 0.6) is 0 Å². The zero-order chi connectivity index (χ0) is 8.27. The summed E-state index contributed by atoms with van der Waals surface area (Å²) in [6, 6.07) is 0. The Kier molecular flexibility index (Phi) is 2.40. The largest absolute Gasteiger partial charge is 0.392 e. The summed E-state index contributed by atoms with van der Waals surface area (Å²) < 4.78 is 0. The molecule has 0 spiro atoms. The summed E-state index contributed by atoms with van der Waals surface area (Å²) in [4.78, 5) is 15.4. The van der Waals surface area contributed by atoms with Gasteiger partial charge in [-0.05, 0) is 0 Å². The van der Waals surface area contributed by atoms with E-state index in [-0.39, 0.29) is 12.3 Å². The zero-order valence-corrected chi connectivity index (χ0v) is 5.78. The van der Waals surface area contributed by atoms with Crippen LogP contribution >= 0.6 is 0 Å². The third-order valence-corrected chi connectivity index (χ3v) is 1.33. The molecule has 1 aliphatic rings. The fraction of sp³-hybridized carbons (Fsp3) is 0.600. The fourth-order valence-electron chi connectivity index (χ4n) is 0.744. The van der Waals surface area contributed by atoms with E-state index in [1.54, 1.807) is 0 Å². The lowest BCUT2D eigenvalue weighted by Crippen LogP contribution is -2.36. The molecule has 1 atom stereocenters. The van der Waals surface area contributed by atoms with E-state index < -0.39 is 12.0 Å². The Morgan fingerprint density at radius 2 is 2.73 bits per heavy atom. The van der Waals surface area contributed by atoms with E-state index in [0.717, 1.165) is 0 Å². The van der Waals surface area contributed by atoms with Gasteiger partial charge in [-0.15, -0.1) is 0 Å². The summed E-state index contributed by atoms with van der Waals surface area (Å²) in [6.07, 6.45) is -0.0956. The van der Waals surface area contributed by atoms with Gasteiger partial charge in [0, 0.05) is 6.42 Å². The number of amides is 1. The van der Waals surface area contributed by atoms with Crippen LogP contribution in [0.3, 0.4) is 0 Å². The minimum Gasteiger partial charge on any atom is -0.392 e. The van der Waals surface area contributed by atoms with Crippen LogP contribution in [0.4, 0.5) is 0 Å². The maximum absolute atomic E-state index is 10.7. The second-order valence-electron chi connectivity index (χ2n) is 2.13. The van der Waals surface area contributed by atoms with Crippen LogP contribution in [0.1, 0.15) is 6.42 Å². The van der Waals surface area contributed by atoms with Crippen molar-refractivity contribution in [1.29, 1.82) is 0 Å². The molecule has 0 aromatic rings. The quantitative estimate of drug-likeness (QED) is 0.249. The number of nitrogens with one attached hydrogen (secondary N) is 1. The maximum Gasteiger partial charge on any atom is 0.283 e. The van der Waals surface area contributed by atoms with Crippen molar-refractivity contribution in [3.8, 4) is 0 Å². The molecule has 0 saturated carbocycles. The number of hydrogen-bond acceptors (Lipinski definition) is 5. The third-order valence-electron chi connectivity index (χ3n) is 1.33. The van der Waals surface area contributed by atoms with Crippen molar-refractivity contribution >= 4 is 11.6 Å². The van der Waals surface area contributed by atoms with Crippen molar-refractivity contribution in [1.82, 2.24) is 5.43 Å². The first kappa shape index (κ1) is 7.96. The Morgan fingerprint density at radius 1 is 2.00 bits per heavy atom. The molecular weight excluding hydrogens is 150 g/mol. The number of hydrogen-bond donors (Lipinski definition) is 3. The Hall–Kier alpha value is -1.14. The van der Waals surface area contributed by atoms with Gasteiger partial charge in [0.25, 0.3) is 5.91 Å². The van der Waals surface area contributed by atoms with E-state index in [9.17, 15) is 4.79 Å². The van der Waals surface area contributed by atoms with Crippen molar-refractivity contribution in [2.45, 2.75) is 12.5 Å². The first-order valence-corrected chi connectivity index (χ1v) is 3.12. The minimum atomic E-state index is -0.471. The number of hydrazine groups is 1. The lowest BCUT2D eigenvalue weighted by Gasteiger charge is -2.00. The zero-order valence-electron chi connectivity index (χ0n) is 5.78. The molecule has 0 fully saturated rings. The van der Waals surface area contributed by atoms with Gasteiger partial charge in [0.2, 0.25) is 0 Å². The molecule has 0 bridgehead atoms. The molecule has 0 saturated heterocycles. The lowest BCUT2D eigenvalue weighted by atomic mass is 10.2. The van der Waals surface area contributed by atoms with Crippen molar-refractivity contribution < 1.29 is 14.7 Å². The first-order valence-electron chi connectivity index (χ1n) is 3.12. The molecule has 6 heteroatoms. The summed E-state index contributed by atoms with van der Waals surface area (Å²) >= 11 is 0. The van der Waals surface area contributed by atoms with Crippen LogP contribution in [-0.2, 0) is 9.63 Å². The highest BCUT2D eigenvalue weighted by Crippen LogP contribution is 2.08. The van der Waals surface area contributed by atoms with Crippen molar-refractivity contribution in [2.24, 2.45) is 11.0 Å². The van der Waals surface area contributed by atoms with Gasteiger partial charge in [-0.1, -0.05) is 5.16 Å². The summed E-state index contributed by atoms with van der Waals surface area (Å²) in [5.74, 6) is 4.37. The van der Waals surface area contributed by atoms with Crippen molar-refractivity contribution in [3.63, 3.8) is 0 Å². The monoisotopic (exact) mass is 159 g/mol. The summed E-state index contributed by atoms with van der Waals surface area (Å²) in [6.45, 7) is -0.148. The molecular formula is C5H9N3O3. The number of carbonyl (C=O) groups is 1. The highest BCUT2D eigenvalue weighted by Gasteiger charge is 2.24. The molecule has 11 heavy (non-hydrogen) atoms. The van der Waals surface area contributed by atoms with E-state index in [1.165, 1.54) is 0 Å². The predicted octanol–water partition coefficient (Wildman–Crippen LogP) is -1.89. The SMILES string of the molecule is NNC(=O)C1=NOC(CO)C1. The molecule has 1 rings (SSSR count). The van der Waals surface area contributed by atoms with Gasteiger partial charge in [-0.3, -0.25) is 10.2 Å². The third kappa shape index (κ3) is 1.66. The van der Waals surface area contributed by atoms with Crippen LogP contribution in [0.25, 0.3) is 0 Å². The van der Waals surface area contributed by atoms with Gasteiger partial charge in [0.15, 0.2) is 6.10 Å². The van der Waals surface area contributed by atoms with Gasteiger partial charge in [0.1, 0.15) is 5.71 Å². The number of oxime groups is 1. The fourth-order valence-corrected chi connectivity index (χ4v) is 0.744. The van der Waals surface area contributed by atoms with Gasteiger partial charge in [0.05, 0.1) is 6.61 Å². The molecule has 4 N–H and O–H groups in total. The average Bonchev–Trinajstić information content (AvgIpc) is 2.50. The summed E-state index contributed by atoms with van der Waals surface area (Å²) in [7, 11) is 0. The predicted molar refractivity (Wildman–Crippen MR) is 36.3 cm³/mol. The summed E-state index contributed by atoms with van der Waals surface area (Å²) in [5.41, 5.74) is 2.13. The second kappa shape index (κ2) is 3.31. The smallest absolute Gasteiger partial charge is 0.283 e. The standard InChI is InChI=1S/C5H9N3O3/c6-7-5(10)4-1-3(2-9)11-8-4/h3,9H,1-2,6H2,(H,7,10). The molecule has 1 aliphatic heterocycles. The summed E-state index contributed by atoms with van der Waals surface area (Å²) in [5, 5.41) is 12.0. The van der Waals surface area contributed by atoms with Gasteiger partial charge in [-0.25, -0.2) is 5.84 Å². The number of nitrogens with zero attached hydrogens (tertiary/aromatic N) is 1. The number of aliphatic hydroxyl groups excluding tert-OH is 1. The molecule has 1 amide bonds. The minimum absolute atomic E-state index is 0.148. The lowest BCUT2D eigenvalue weighted by molar-refractivity contribution is -0.114. The van der Waals surface area contributed by atoms with Crippen molar-refractivity contribution in [3.05, 3.63) is 0 Å². The Labute approximate surface area is 63.0 Å². The first-order chi connectivity index (χ1) is 5.27. The van der Waals surface area contributed by atoms with Gasteiger partial charge < -0.3 is 9.94 Å². The van der Waals surface area contributed by atoms with Crippen LogP contribution in [0, 0.1) is 0 Å². The molecule has 0 aromatic heterocycles. The molecule has 0 radical (unpaired) electrons. The molecule has 1 unspecified atom stereocenters. The Balaban J connectivity index is 2.45. The van der Waals surface area contributed by atoms with Crippen LogP contribution in [-0.4, -0.2) is 29.4 Å². The number of rotatable bonds is 2. The number of nitrogens with two attached hydrogens (primary N) is 1. The van der Waals surface area contributed by atoms with E-state index >= 15 is 0 Å². The van der Waals surface area contributed by atoms with Gasteiger partial charge >= 0.3 is 0 Å². The Bertz CT molecular complexity index is 191. The number of carbonyl (C=O) groups excluding carboxylic acids is 1. The maximum atomic E-state index is 10.7. The van der Waals surface area contributed by atoms with Crippen molar-refractivity contribution in [2.75, 3.05) is 6.61 Å². The molecule has 1 heterocycles. The highest BCUT2D eigenvalue weighted by molar-refractivity contribution is 6.38. The normalized spacial score (nSPS) is 22.4. The average molecular weight is 159 g/mol. The number of aliphatic hydroxyl groups is 1. The highest BCUT2D eigenvalue weighted by atomic mass is 16.6. The molecule has 6 nitrogen and oxygen atoms in total. The van der Waals surface area contributed by atoms with Gasteiger partial charge in [-0.2, -0.15) is 0 Å². The van der Waals surface area contributed by atoms with E-state index in [4.69, 9.17) is 10.9 Å².